The van der Waals surface area contributed by atoms with Crippen LogP contribution in [0.1, 0.15) is 25.7 Å². The van der Waals surface area contributed by atoms with Crippen LogP contribution in [0.25, 0.3) is 0 Å². The summed E-state index contributed by atoms with van der Waals surface area (Å²) in [6, 6.07) is 0. The topological polar surface area (TPSA) is 38.5 Å². The van der Waals surface area contributed by atoms with Crippen molar-refractivity contribution in [1.82, 2.24) is 4.90 Å². The Kier molecular flexibility index (Phi) is 2.20. The molecule has 0 saturated carbocycles. The normalized spacial score (nSPS) is 25.8. The van der Waals surface area contributed by atoms with Crippen LogP contribution in [-0.4, -0.2) is 30.1 Å². The molecule has 74 valence electrons. The predicted molar refractivity (Wildman–Crippen MR) is 52.1 cm³/mol. The second-order valence-corrected chi connectivity index (χ2v) is 4.17. The summed E-state index contributed by atoms with van der Waals surface area (Å²) < 4.78 is 5.37. The minimum absolute atomic E-state index is 0.308. The highest BCUT2D eigenvalue weighted by molar-refractivity contribution is 5.00. The van der Waals surface area contributed by atoms with Crippen LogP contribution < -0.4 is 5.73 Å². The maximum atomic E-state index is 5.41. The standard InChI is InChI=1S/C10H18N2O/c1-9(11)13-8-10-4-2-6-12(10)7-3-5-10/h1-8,11H2. The van der Waals surface area contributed by atoms with Crippen molar-refractivity contribution in [3.05, 3.63) is 12.5 Å². The summed E-state index contributed by atoms with van der Waals surface area (Å²) in [6.45, 7) is 6.78. The molecule has 0 unspecified atom stereocenters. The van der Waals surface area contributed by atoms with Gasteiger partial charge in [0.25, 0.3) is 0 Å². The lowest BCUT2D eigenvalue weighted by atomic mass is 9.95. The van der Waals surface area contributed by atoms with Gasteiger partial charge in [-0.25, -0.2) is 0 Å². The molecule has 2 aliphatic rings. The highest BCUT2D eigenvalue weighted by atomic mass is 16.5. The maximum Gasteiger partial charge on any atom is 0.176 e. The monoisotopic (exact) mass is 182 g/mol. The van der Waals surface area contributed by atoms with E-state index in [-0.39, 0.29) is 0 Å². The molecule has 0 aromatic rings. The van der Waals surface area contributed by atoms with Gasteiger partial charge >= 0.3 is 0 Å². The van der Waals surface area contributed by atoms with Gasteiger partial charge in [-0.15, -0.1) is 0 Å². The van der Waals surface area contributed by atoms with Gasteiger partial charge in [-0.1, -0.05) is 0 Å². The fourth-order valence-electron chi connectivity index (χ4n) is 2.69. The van der Waals surface area contributed by atoms with Gasteiger partial charge in [-0.3, -0.25) is 4.90 Å². The van der Waals surface area contributed by atoms with E-state index in [4.69, 9.17) is 10.5 Å². The lowest BCUT2D eigenvalue weighted by Gasteiger charge is -2.31. The number of fused-ring (bicyclic) bond motifs is 1. The van der Waals surface area contributed by atoms with E-state index in [0.29, 0.717) is 11.4 Å². The fourth-order valence-corrected chi connectivity index (χ4v) is 2.69. The van der Waals surface area contributed by atoms with E-state index >= 15 is 0 Å². The molecule has 0 bridgehead atoms. The summed E-state index contributed by atoms with van der Waals surface area (Å²) in [5.41, 5.74) is 5.72. The Bertz CT molecular complexity index is 205. The minimum atomic E-state index is 0.308. The third-order valence-corrected chi connectivity index (χ3v) is 3.34. The van der Waals surface area contributed by atoms with Crippen molar-refractivity contribution < 1.29 is 4.74 Å². The quantitative estimate of drug-likeness (QED) is 0.663. The first-order chi connectivity index (χ1) is 6.23. The predicted octanol–water partition coefficient (Wildman–Crippen LogP) is 1.06. The molecule has 3 heteroatoms. The van der Waals surface area contributed by atoms with E-state index in [1.54, 1.807) is 0 Å². The number of rotatable bonds is 3. The van der Waals surface area contributed by atoms with Gasteiger partial charge in [0.05, 0.1) is 5.54 Å². The van der Waals surface area contributed by atoms with Crippen LogP contribution in [0, 0.1) is 0 Å². The van der Waals surface area contributed by atoms with Crippen LogP contribution in [0.5, 0.6) is 0 Å². The van der Waals surface area contributed by atoms with Crippen LogP contribution in [0.15, 0.2) is 12.5 Å². The average Bonchev–Trinajstić information content (AvgIpc) is 2.57. The van der Waals surface area contributed by atoms with Crippen molar-refractivity contribution in [2.75, 3.05) is 19.7 Å². The maximum absolute atomic E-state index is 5.41. The third-order valence-electron chi connectivity index (χ3n) is 3.34. The Morgan fingerprint density at radius 1 is 1.38 bits per heavy atom. The molecule has 3 nitrogen and oxygen atoms in total. The first-order valence-electron chi connectivity index (χ1n) is 5.05. The molecule has 2 aliphatic heterocycles. The van der Waals surface area contributed by atoms with E-state index < -0.39 is 0 Å². The molecule has 13 heavy (non-hydrogen) atoms. The van der Waals surface area contributed by atoms with Crippen LogP contribution in [-0.2, 0) is 4.74 Å². The Morgan fingerprint density at radius 3 is 2.54 bits per heavy atom. The lowest BCUT2D eigenvalue weighted by Crippen LogP contribution is -2.42. The molecule has 0 amide bonds. The van der Waals surface area contributed by atoms with Crippen molar-refractivity contribution in [1.29, 1.82) is 0 Å². The summed E-state index contributed by atoms with van der Waals surface area (Å²) in [7, 11) is 0. The van der Waals surface area contributed by atoms with Crippen LogP contribution in [0.2, 0.25) is 0 Å². The Hall–Kier alpha value is -0.700. The van der Waals surface area contributed by atoms with E-state index in [9.17, 15) is 0 Å². The highest BCUT2D eigenvalue weighted by Crippen LogP contribution is 2.38. The molecule has 0 aliphatic carbocycles. The second kappa shape index (κ2) is 3.22. The minimum Gasteiger partial charge on any atom is -0.478 e. The van der Waals surface area contributed by atoms with E-state index in [0.717, 1.165) is 6.61 Å². The Balaban J connectivity index is 1.97. The molecule has 0 aromatic heterocycles. The van der Waals surface area contributed by atoms with Gasteiger partial charge in [-0.05, 0) is 45.4 Å². The molecule has 2 rings (SSSR count). The second-order valence-electron chi connectivity index (χ2n) is 4.17. The first kappa shape index (κ1) is 8.88. The number of hydrogen-bond donors (Lipinski definition) is 1. The molecule has 0 atom stereocenters. The van der Waals surface area contributed by atoms with Crippen molar-refractivity contribution in [2.24, 2.45) is 5.73 Å². The molecule has 0 radical (unpaired) electrons. The number of nitrogens with zero attached hydrogens (tertiary/aromatic N) is 1. The van der Waals surface area contributed by atoms with Gasteiger partial charge in [0.2, 0.25) is 0 Å². The van der Waals surface area contributed by atoms with Gasteiger partial charge in [0.15, 0.2) is 5.88 Å². The summed E-state index contributed by atoms with van der Waals surface area (Å²) in [6.07, 6.45) is 5.14. The SMILES string of the molecule is C=C(N)OCC12CCCN1CCC2. The third kappa shape index (κ3) is 1.53. The zero-order valence-electron chi connectivity index (χ0n) is 8.09. The molecule has 2 N–H and O–H groups in total. The number of nitrogens with two attached hydrogens (primary N) is 1. The zero-order valence-corrected chi connectivity index (χ0v) is 8.09. The van der Waals surface area contributed by atoms with Crippen molar-refractivity contribution in [3.8, 4) is 0 Å². The summed E-state index contributed by atoms with van der Waals surface area (Å²) in [5, 5.41) is 0. The fraction of sp³-hybridized carbons (Fsp3) is 0.800. The summed E-state index contributed by atoms with van der Waals surface area (Å²) >= 11 is 0. The molecule has 0 aromatic carbocycles. The number of ether oxygens (including phenoxy) is 1. The molecule has 2 heterocycles. The van der Waals surface area contributed by atoms with Crippen molar-refractivity contribution in [3.63, 3.8) is 0 Å². The molecular formula is C10H18N2O. The van der Waals surface area contributed by atoms with Crippen molar-refractivity contribution >= 4 is 0 Å². The van der Waals surface area contributed by atoms with Crippen LogP contribution >= 0.6 is 0 Å². The average molecular weight is 182 g/mol. The first-order valence-corrected chi connectivity index (χ1v) is 5.05. The van der Waals surface area contributed by atoms with E-state index in [2.05, 4.69) is 11.5 Å². The van der Waals surface area contributed by atoms with Crippen molar-refractivity contribution in [2.45, 2.75) is 31.2 Å². The largest absolute Gasteiger partial charge is 0.478 e. The van der Waals surface area contributed by atoms with Gasteiger partial charge in [0, 0.05) is 0 Å². The molecule has 2 fully saturated rings. The van der Waals surface area contributed by atoms with Gasteiger partial charge in [0.1, 0.15) is 6.61 Å². The molecular weight excluding hydrogens is 164 g/mol. The summed E-state index contributed by atoms with van der Waals surface area (Å²) in [5.74, 6) is 0.355. The Labute approximate surface area is 79.5 Å². The zero-order chi connectivity index (χ0) is 9.31. The Morgan fingerprint density at radius 2 is 2.00 bits per heavy atom. The van der Waals surface area contributed by atoms with Gasteiger partial charge < -0.3 is 10.5 Å². The lowest BCUT2D eigenvalue weighted by molar-refractivity contribution is 0.0725. The van der Waals surface area contributed by atoms with Crippen LogP contribution in [0.3, 0.4) is 0 Å². The number of hydrogen-bond acceptors (Lipinski definition) is 3. The molecule has 2 saturated heterocycles. The van der Waals surface area contributed by atoms with E-state index in [1.165, 1.54) is 38.8 Å². The smallest absolute Gasteiger partial charge is 0.176 e. The van der Waals surface area contributed by atoms with E-state index in [1.807, 2.05) is 0 Å². The van der Waals surface area contributed by atoms with Crippen LogP contribution in [0.4, 0.5) is 0 Å². The molecule has 0 spiro atoms. The highest BCUT2D eigenvalue weighted by Gasteiger charge is 2.44. The van der Waals surface area contributed by atoms with Gasteiger partial charge in [-0.2, -0.15) is 0 Å². The summed E-state index contributed by atoms with van der Waals surface area (Å²) in [4.78, 5) is 2.55.